The molecule has 18 heavy (non-hydrogen) atoms. The Morgan fingerprint density at radius 2 is 1.89 bits per heavy atom. The molecule has 0 aliphatic rings. The largest absolute Gasteiger partial charge is 0.460 e. The maximum atomic E-state index is 11.9. The Labute approximate surface area is 116 Å². The number of rotatable bonds is 4. The molecule has 0 aromatic heterocycles. The lowest BCUT2D eigenvalue weighted by atomic mass is 9.99. The second-order valence-corrected chi connectivity index (χ2v) is 4.82. The van der Waals surface area contributed by atoms with E-state index in [9.17, 15) is 9.59 Å². The van der Waals surface area contributed by atoms with Crippen molar-refractivity contribution in [1.29, 1.82) is 0 Å². The first kappa shape index (κ1) is 15.0. The van der Waals surface area contributed by atoms with Gasteiger partial charge in [0.2, 0.25) is 0 Å². The highest BCUT2D eigenvalue weighted by Gasteiger charge is 2.25. The van der Waals surface area contributed by atoms with Crippen LogP contribution in [0.3, 0.4) is 0 Å². The van der Waals surface area contributed by atoms with Crippen LogP contribution in [0.4, 0.5) is 0 Å². The van der Waals surface area contributed by atoms with E-state index >= 15 is 0 Å². The monoisotopic (exact) mass is 288 g/mol. The first-order chi connectivity index (χ1) is 8.40. The van der Waals surface area contributed by atoms with E-state index in [4.69, 9.17) is 23.2 Å². The van der Waals surface area contributed by atoms with Crippen LogP contribution in [0.2, 0.25) is 10.0 Å². The Kier molecular flexibility index (Phi) is 5.17. The molecule has 0 fully saturated rings. The van der Waals surface area contributed by atoms with Gasteiger partial charge in [0, 0.05) is 0 Å². The number of esters is 1. The van der Waals surface area contributed by atoms with Gasteiger partial charge in [-0.15, -0.1) is 0 Å². The fraction of sp³-hybridized carbons (Fsp3) is 0.385. The van der Waals surface area contributed by atoms with E-state index in [0.717, 1.165) is 5.56 Å². The molecule has 1 aromatic carbocycles. The summed E-state index contributed by atoms with van der Waals surface area (Å²) in [6, 6.07) is 3.31. The lowest BCUT2D eigenvalue weighted by Crippen LogP contribution is -2.19. The van der Waals surface area contributed by atoms with Crippen LogP contribution in [-0.2, 0) is 9.53 Å². The van der Waals surface area contributed by atoms with Crippen LogP contribution in [0.25, 0.3) is 0 Å². The number of ether oxygens (including phenoxy) is 1. The molecule has 0 N–H and O–H groups in total. The molecule has 0 unspecified atom stereocenters. The molecular weight excluding hydrogens is 275 g/mol. The summed E-state index contributed by atoms with van der Waals surface area (Å²) in [7, 11) is 0. The quantitative estimate of drug-likeness (QED) is 0.480. The Morgan fingerprint density at radius 1 is 1.28 bits per heavy atom. The van der Waals surface area contributed by atoms with E-state index < -0.39 is 11.8 Å². The van der Waals surface area contributed by atoms with E-state index in [1.54, 1.807) is 19.1 Å². The van der Waals surface area contributed by atoms with Gasteiger partial charge in [-0.2, -0.15) is 0 Å². The van der Waals surface area contributed by atoms with E-state index in [1.807, 2.05) is 13.8 Å². The minimum absolute atomic E-state index is 0.0167. The first-order valence-corrected chi connectivity index (χ1v) is 6.35. The van der Waals surface area contributed by atoms with Crippen LogP contribution in [0, 0.1) is 0 Å². The van der Waals surface area contributed by atoms with Crippen LogP contribution in [0.5, 0.6) is 0 Å². The summed E-state index contributed by atoms with van der Waals surface area (Å²) >= 11 is 12.1. The summed E-state index contributed by atoms with van der Waals surface area (Å²) in [5, 5.41) is 0.373. The van der Waals surface area contributed by atoms with Gasteiger partial charge >= 0.3 is 5.97 Å². The minimum atomic E-state index is -0.942. The summed E-state index contributed by atoms with van der Waals surface area (Å²) in [6.07, 6.45) is 0. The summed E-state index contributed by atoms with van der Waals surface area (Å²) in [4.78, 5) is 23.3. The SMILES string of the molecule is CCOC(=O)C(=O)c1c(Cl)ccc(C(C)C)c1Cl. The van der Waals surface area contributed by atoms with Gasteiger partial charge in [-0.3, -0.25) is 4.79 Å². The molecule has 0 bridgehead atoms. The van der Waals surface area contributed by atoms with Crippen LogP contribution in [-0.4, -0.2) is 18.4 Å². The Bertz CT molecular complexity index is 481. The molecule has 0 amide bonds. The van der Waals surface area contributed by atoms with Crippen molar-refractivity contribution in [1.82, 2.24) is 0 Å². The van der Waals surface area contributed by atoms with Crippen molar-refractivity contribution >= 4 is 35.0 Å². The lowest BCUT2D eigenvalue weighted by molar-refractivity contribution is -0.137. The second kappa shape index (κ2) is 6.21. The van der Waals surface area contributed by atoms with E-state index in [1.165, 1.54) is 0 Å². The molecule has 5 heteroatoms. The maximum Gasteiger partial charge on any atom is 0.379 e. The smallest absolute Gasteiger partial charge is 0.379 e. The summed E-state index contributed by atoms with van der Waals surface area (Å²) in [5.74, 6) is -1.62. The van der Waals surface area contributed by atoms with Crippen molar-refractivity contribution in [2.24, 2.45) is 0 Å². The maximum absolute atomic E-state index is 11.9. The topological polar surface area (TPSA) is 43.4 Å². The van der Waals surface area contributed by atoms with E-state index in [0.29, 0.717) is 0 Å². The van der Waals surface area contributed by atoms with Gasteiger partial charge in [0.25, 0.3) is 5.78 Å². The molecule has 1 rings (SSSR count). The third-order valence-corrected chi connectivity index (χ3v) is 3.15. The van der Waals surface area contributed by atoms with Crippen molar-refractivity contribution < 1.29 is 14.3 Å². The third kappa shape index (κ3) is 3.03. The number of halogens is 2. The van der Waals surface area contributed by atoms with Crippen LogP contribution in [0.15, 0.2) is 12.1 Å². The van der Waals surface area contributed by atoms with Gasteiger partial charge in [-0.1, -0.05) is 43.1 Å². The number of ketones is 1. The predicted octanol–water partition coefficient (Wildman–Crippen LogP) is 3.86. The third-order valence-electron chi connectivity index (χ3n) is 2.43. The molecule has 3 nitrogen and oxygen atoms in total. The van der Waals surface area contributed by atoms with Crippen molar-refractivity contribution in [3.63, 3.8) is 0 Å². The first-order valence-electron chi connectivity index (χ1n) is 5.59. The van der Waals surface area contributed by atoms with Crippen LogP contribution in [0.1, 0.15) is 42.6 Å². The van der Waals surface area contributed by atoms with Crippen LogP contribution < -0.4 is 0 Å². The van der Waals surface area contributed by atoms with Gasteiger partial charge in [-0.05, 0) is 24.5 Å². The normalized spacial score (nSPS) is 10.6. The van der Waals surface area contributed by atoms with Gasteiger partial charge < -0.3 is 4.74 Å². The highest BCUT2D eigenvalue weighted by atomic mass is 35.5. The van der Waals surface area contributed by atoms with Gasteiger partial charge in [0.1, 0.15) is 0 Å². The number of Topliss-reactive ketones (excluding diaryl/α,β-unsaturated/α-hetero) is 1. The molecule has 0 radical (unpaired) electrons. The molecule has 0 spiro atoms. The molecule has 0 heterocycles. The number of benzene rings is 1. The van der Waals surface area contributed by atoms with E-state index in [-0.39, 0.29) is 28.1 Å². The lowest BCUT2D eigenvalue weighted by Gasteiger charge is -2.12. The Balaban J connectivity index is 3.27. The van der Waals surface area contributed by atoms with Gasteiger partial charge in [-0.25, -0.2) is 4.79 Å². The molecule has 98 valence electrons. The minimum Gasteiger partial charge on any atom is -0.460 e. The number of carbonyl (C=O) groups excluding carboxylic acids is 2. The Morgan fingerprint density at radius 3 is 2.39 bits per heavy atom. The standard InChI is InChI=1S/C13H14Cl2O3/c1-4-18-13(17)12(16)10-9(14)6-5-8(7(2)3)11(10)15/h5-7H,4H2,1-3H3. The zero-order valence-corrected chi connectivity index (χ0v) is 11.9. The van der Waals surface area contributed by atoms with Crippen LogP contribution >= 0.6 is 23.2 Å². The highest BCUT2D eigenvalue weighted by molar-refractivity contribution is 6.49. The summed E-state index contributed by atoms with van der Waals surface area (Å²) in [6.45, 7) is 5.63. The molecule has 1 aromatic rings. The van der Waals surface area contributed by atoms with Gasteiger partial charge in [0.05, 0.1) is 22.2 Å². The average Bonchev–Trinajstić information content (AvgIpc) is 2.28. The fourth-order valence-corrected chi connectivity index (χ4v) is 2.28. The molecule has 0 aliphatic heterocycles. The number of hydrogen-bond acceptors (Lipinski definition) is 3. The molecule has 0 saturated heterocycles. The highest BCUT2D eigenvalue weighted by Crippen LogP contribution is 2.32. The summed E-state index contributed by atoms with van der Waals surface area (Å²) in [5.41, 5.74) is 0.789. The van der Waals surface area contributed by atoms with Gasteiger partial charge in [0.15, 0.2) is 0 Å². The number of hydrogen-bond donors (Lipinski definition) is 0. The van der Waals surface area contributed by atoms with Crippen molar-refractivity contribution in [3.05, 3.63) is 33.3 Å². The zero-order valence-electron chi connectivity index (χ0n) is 10.4. The second-order valence-electron chi connectivity index (χ2n) is 4.03. The Hall–Kier alpha value is -1.06. The zero-order chi connectivity index (χ0) is 13.9. The molecular formula is C13H14Cl2O3. The van der Waals surface area contributed by atoms with Crippen molar-refractivity contribution in [2.45, 2.75) is 26.7 Å². The fourth-order valence-electron chi connectivity index (χ4n) is 1.52. The molecule has 0 saturated carbocycles. The molecule has 0 atom stereocenters. The van der Waals surface area contributed by atoms with Crippen molar-refractivity contribution in [2.75, 3.05) is 6.61 Å². The average molecular weight is 289 g/mol. The molecule has 0 aliphatic carbocycles. The van der Waals surface area contributed by atoms with E-state index in [2.05, 4.69) is 4.74 Å². The van der Waals surface area contributed by atoms with Crippen molar-refractivity contribution in [3.8, 4) is 0 Å². The predicted molar refractivity (Wildman–Crippen MR) is 71.5 cm³/mol. The summed E-state index contributed by atoms with van der Waals surface area (Å²) < 4.78 is 4.66. The number of carbonyl (C=O) groups is 2.